The van der Waals surface area contributed by atoms with Gasteiger partial charge in [0.25, 0.3) is 0 Å². The number of nitrogens with zero attached hydrogens (tertiary/aromatic N) is 1. The first-order valence-corrected chi connectivity index (χ1v) is 10.2. The first-order valence-electron chi connectivity index (χ1n) is 8.37. The van der Waals surface area contributed by atoms with E-state index >= 15 is 0 Å². The second-order valence-electron chi connectivity index (χ2n) is 6.44. The molecule has 0 spiro atoms. The summed E-state index contributed by atoms with van der Waals surface area (Å²) >= 11 is 6.12. The Morgan fingerprint density at radius 1 is 1.19 bits per heavy atom. The Balaban J connectivity index is 2.19. The molecule has 0 fully saturated rings. The lowest BCUT2D eigenvalue weighted by Crippen LogP contribution is -2.52. The van der Waals surface area contributed by atoms with Crippen molar-refractivity contribution in [2.75, 3.05) is 7.05 Å². The highest BCUT2D eigenvalue weighted by Gasteiger charge is 2.31. The standard InChI is InChI=1S/C19H23ClN2O4S/c1-13-8-10-16(11-9-13)27(25,26)21-18(14(2)23)19(24)22(3)12-15-6-4-5-7-17(15)20/h4-11,14,18,21,23H,12H2,1-3H3. The average molecular weight is 411 g/mol. The number of aryl methyl sites for hydroxylation is 1. The maximum absolute atomic E-state index is 12.8. The van der Waals surface area contributed by atoms with Gasteiger partial charge in [-0.05, 0) is 37.6 Å². The van der Waals surface area contributed by atoms with Gasteiger partial charge in [-0.15, -0.1) is 0 Å². The van der Waals surface area contributed by atoms with Gasteiger partial charge < -0.3 is 10.0 Å². The molecule has 2 rings (SSSR count). The molecule has 0 aliphatic heterocycles. The van der Waals surface area contributed by atoms with Gasteiger partial charge in [0.05, 0.1) is 11.0 Å². The Kier molecular flexibility index (Phi) is 7.00. The minimum Gasteiger partial charge on any atom is -0.391 e. The summed E-state index contributed by atoms with van der Waals surface area (Å²) in [5, 5.41) is 10.5. The number of aliphatic hydroxyl groups is 1. The van der Waals surface area contributed by atoms with Crippen LogP contribution in [-0.2, 0) is 21.4 Å². The topological polar surface area (TPSA) is 86.7 Å². The van der Waals surface area contributed by atoms with E-state index in [0.717, 1.165) is 11.1 Å². The Morgan fingerprint density at radius 2 is 1.78 bits per heavy atom. The molecular weight excluding hydrogens is 388 g/mol. The van der Waals surface area contributed by atoms with E-state index in [1.165, 1.54) is 31.0 Å². The van der Waals surface area contributed by atoms with Gasteiger partial charge in [0.15, 0.2) is 0 Å². The number of rotatable bonds is 7. The van der Waals surface area contributed by atoms with Crippen molar-refractivity contribution in [1.29, 1.82) is 0 Å². The van der Waals surface area contributed by atoms with E-state index in [-0.39, 0.29) is 11.4 Å². The van der Waals surface area contributed by atoms with Crippen molar-refractivity contribution in [2.45, 2.75) is 37.4 Å². The number of aliphatic hydroxyl groups excluding tert-OH is 1. The molecule has 0 bridgehead atoms. The second-order valence-corrected chi connectivity index (χ2v) is 8.56. The van der Waals surface area contributed by atoms with E-state index in [9.17, 15) is 18.3 Å². The molecule has 2 N–H and O–H groups in total. The van der Waals surface area contributed by atoms with Crippen LogP contribution in [0.3, 0.4) is 0 Å². The summed E-state index contributed by atoms with van der Waals surface area (Å²) < 4.78 is 27.5. The third-order valence-corrected chi connectivity index (χ3v) is 5.93. The largest absolute Gasteiger partial charge is 0.391 e. The van der Waals surface area contributed by atoms with E-state index in [4.69, 9.17) is 11.6 Å². The molecule has 2 atom stereocenters. The highest BCUT2D eigenvalue weighted by Crippen LogP contribution is 2.18. The molecule has 1 amide bonds. The van der Waals surface area contributed by atoms with Gasteiger partial charge in [0, 0.05) is 18.6 Å². The van der Waals surface area contributed by atoms with Gasteiger partial charge in [-0.25, -0.2) is 8.42 Å². The van der Waals surface area contributed by atoms with Crippen molar-refractivity contribution in [1.82, 2.24) is 9.62 Å². The number of carbonyl (C=O) groups is 1. The summed E-state index contributed by atoms with van der Waals surface area (Å²) in [7, 11) is -2.44. The summed E-state index contributed by atoms with van der Waals surface area (Å²) in [6.07, 6.45) is -1.22. The molecule has 2 aromatic carbocycles. The molecule has 8 heteroatoms. The Hall–Kier alpha value is -1.93. The highest BCUT2D eigenvalue weighted by molar-refractivity contribution is 7.89. The molecule has 0 saturated carbocycles. The maximum Gasteiger partial charge on any atom is 0.243 e. The molecule has 2 unspecified atom stereocenters. The zero-order valence-electron chi connectivity index (χ0n) is 15.4. The fourth-order valence-corrected chi connectivity index (χ4v) is 3.96. The number of nitrogens with one attached hydrogen (secondary N) is 1. The van der Waals surface area contributed by atoms with E-state index in [2.05, 4.69) is 4.72 Å². The zero-order chi connectivity index (χ0) is 20.2. The zero-order valence-corrected chi connectivity index (χ0v) is 17.0. The lowest BCUT2D eigenvalue weighted by molar-refractivity contribution is -0.134. The second kappa shape index (κ2) is 8.84. The number of hydrogen-bond acceptors (Lipinski definition) is 4. The molecule has 146 valence electrons. The van der Waals surface area contributed by atoms with Crippen LogP contribution >= 0.6 is 11.6 Å². The SMILES string of the molecule is Cc1ccc(S(=O)(=O)NC(C(=O)N(C)Cc2ccccc2Cl)C(C)O)cc1. The minimum atomic E-state index is -3.96. The summed E-state index contributed by atoms with van der Waals surface area (Å²) in [4.78, 5) is 14.1. The molecule has 6 nitrogen and oxygen atoms in total. The Morgan fingerprint density at radius 3 is 2.33 bits per heavy atom. The molecule has 0 aliphatic carbocycles. The molecule has 0 aliphatic rings. The number of sulfonamides is 1. The van der Waals surface area contributed by atoms with Crippen LogP contribution in [0.2, 0.25) is 5.02 Å². The smallest absolute Gasteiger partial charge is 0.243 e. The molecular formula is C19H23ClN2O4S. The normalized spacial score (nSPS) is 13.8. The molecule has 0 heterocycles. The number of halogens is 1. The van der Waals surface area contributed by atoms with Crippen LogP contribution in [-0.4, -0.2) is 43.5 Å². The van der Waals surface area contributed by atoms with Crippen molar-refractivity contribution in [3.8, 4) is 0 Å². The Bertz CT molecular complexity index is 898. The van der Waals surface area contributed by atoms with Crippen LogP contribution in [0.4, 0.5) is 0 Å². The molecule has 0 saturated heterocycles. The molecule has 2 aromatic rings. The minimum absolute atomic E-state index is 0.0281. The van der Waals surface area contributed by atoms with E-state index in [1.54, 1.807) is 36.4 Å². The summed E-state index contributed by atoms with van der Waals surface area (Å²) in [6.45, 7) is 3.40. The quantitative estimate of drug-likeness (QED) is 0.733. The van der Waals surface area contributed by atoms with E-state index < -0.39 is 28.1 Å². The van der Waals surface area contributed by atoms with E-state index in [0.29, 0.717) is 5.02 Å². The highest BCUT2D eigenvalue weighted by atomic mass is 35.5. The van der Waals surface area contributed by atoms with Crippen LogP contribution in [0.25, 0.3) is 0 Å². The van der Waals surface area contributed by atoms with Crippen molar-refractivity contribution in [2.24, 2.45) is 0 Å². The van der Waals surface area contributed by atoms with Crippen LogP contribution in [0, 0.1) is 6.92 Å². The number of amides is 1. The van der Waals surface area contributed by atoms with Gasteiger partial charge in [0.1, 0.15) is 6.04 Å². The fourth-order valence-electron chi connectivity index (χ4n) is 2.51. The van der Waals surface area contributed by atoms with Crippen molar-refractivity contribution in [3.63, 3.8) is 0 Å². The molecule has 0 radical (unpaired) electrons. The van der Waals surface area contributed by atoms with Crippen LogP contribution < -0.4 is 4.72 Å². The number of likely N-dealkylation sites (N-methyl/N-ethyl adjacent to an activating group) is 1. The lowest BCUT2D eigenvalue weighted by Gasteiger charge is -2.26. The average Bonchev–Trinajstić information content (AvgIpc) is 2.61. The van der Waals surface area contributed by atoms with Gasteiger partial charge in [-0.1, -0.05) is 47.5 Å². The van der Waals surface area contributed by atoms with Crippen molar-refractivity contribution in [3.05, 3.63) is 64.7 Å². The predicted octanol–water partition coefficient (Wildman–Crippen LogP) is 2.33. The Labute approximate surface area is 164 Å². The van der Waals surface area contributed by atoms with Crippen LogP contribution in [0.15, 0.2) is 53.4 Å². The summed E-state index contributed by atoms with van der Waals surface area (Å²) in [6, 6.07) is 12.0. The number of hydrogen-bond donors (Lipinski definition) is 2. The van der Waals surface area contributed by atoms with Crippen LogP contribution in [0.5, 0.6) is 0 Å². The van der Waals surface area contributed by atoms with Gasteiger partial charge in [-0.3, -0.25) is 4.79 Å². The van der Waals surface area contributed by atoms with Crippen LogP contribution in [0.1, 0.15) is 18.1 Å². The van der Waals surface area contributed by atoms with Gasteiger partial charge in [-0.2, -0.15) is 4.72 Å². The first kappa shape index (κ1) is 21.4. The summed E-state index contributed by atoms with van der Waals surface area (Å²) in [5.74, 6) is -0.555. The third-order valence-electron chi connectivity index (χ3n) is 4.10. The molecule has 0 aromatic heterocycles. The summed E-state index contributed by atoms with van der Waals surface area (Å²) in [5.41, 5.74) is 1.64. The van der Waals surface area contributed by atoms with Crippen molar-refractivity contribution < 1.29 is 18.3 Å². The predicted molar refractivity (Wildman–Crippen MR) is 105 cm³/mol. The monoisotopic (exact) mass is 410 g/mol. The third kappa shape index (κ3) is 5.52. The number of carbonyl (C=O) groups excluding carboxylic acids is 1. The van der Waals surface area contributed by atoms with Crippen molar-refractivity contribution >= 4 is 27.5 Å². The first-order chi connectivity index (χ1) is 12.6. The fraction of sp³-hybridized carbons (Fsp3) is 0.316. The van der Waals surface area contributed by atoms with E-state index in [1.807, 2.05) is 6.92 Å². The lowest BCUT2D eigenvalue weighted by atomic mass is 10.1. The molecule has 27 heavy (non-hydrogen) atoms. The van der Waals surface area contributed by atoms with Gasteiger partial charge in [0.2, 0.25) is 15.9 Å². The number of benzene rings is 2. The maximum atomic E-state index is 12.8. The van der Waals surface area contributed by atoms with Gasteiger partial charge >= 0.3 is 0 Å².